The summed E-state index contributed by atoms with van der Waals surface area (Å²) in [5.41, 5.74) is 6.04. The smallest absolute Gasteiger partial charge is 0.0564 e. The Kier molecular flexibility index (Phi) is 5.24. The van der Waals surface area contributed by atoms with Crippen LogP contribution in [0.5, 0.6) is 0 Å². The lowest BCUT2D eigenvalue weighted by atomic mass is 10.1. The fourth-order valence-electron chi connectivity index (χ4n) is 2.38. The molecule has 102 valence electrons. The van der Waals surface area contributed by atoms with Crippen LogP contribution in [0, 0.1) is 12.8 Å². The second kappa shape index (κ2) is 6.51. The van der Waals surface area contributed by atoms with E-state index < -0.39 is 0 Å². The lowest BCUT2D eigenvalue weighted by molar-refractivity contribution is 0.196. The van der Waals surface area contributed by atoms with Gasteiger partial charge in [-0.1, -0.05) is 6.92 Å². The lowest BCUT2D eigenvalue weighted by Crippen LogP contribution is -2.35. The third-order valence-corrected chi connectivity index (χ3v) is 5.81. The van der Waals surface area contributed by atoms with Gasteiger partial charge in [0.2, 0.25) is 0 Å². The van der Waals surface area contributed by atoms with Gasteiger partial charge in [0.05, 0.1) is 6.04 Å². The number of rotatable bonds is 7. The highest BCUT2D eigenvalue weighted by Crippen LogP contribution is 2.36. The van der Waals surface area contributed by atoms with Crippen LogP contribution in [0.15, 0.2) is 10.5 Å². The first-order chi connectivity index (χ1) is 8.65. The number of thiophene rings is 1. The summed E-state index contributed by atoms with van der Waals surface area (Å²) < 4.78 is 1.23. The van der Waals surface area contributed by atoms with Crippen LogP contribution in [0.25, 0.3) is 0 Å². The molecule has 18 heavy (non-hydrogen) atoms. The zero-order chi connectivity index (χ0) is 13.1. The number of nitrogens with two attached hydrogens (primary N) is 1. The molecule has 2 N–H and O–H groups in total. The third-order valence-electron chi connectivity index (χ3n) is 3.57. The van der Waals surface area contributed by atoms with E-state index in [2.05, 4.69) is 40.7 Å². The Balaban J connectivity index is 2.12. The molecule has 0 spiro atoms. The monoisotopic (exact) mass is 330 g/mol. The molecule has 1 unspecified atom stereocenters. The van der Waals surface area contributed by atoms with Gasteiger partial charge in [-0.25, -0.2) is 0 Å². The standard InChI is InChI=1S/C14H23BrN2S/c1-3-6-17(9-11-4-5-11)13(8-16)14-7-12(15)10(2)18-14/h7,11,13H,3-6,8-9,16H2,1-2H3. The molecule has 1 saturated carbocycles. The first kappa shape index (κ1) is 14.5. The van der Waals surface area contributed by atoms with Gasteiger partial charge in [0.15, 0.2) is 0 Å². The highest BCUT2D eigenvalue weighted by molar-refractivity contribution is 9.10. The largest absolute Gasteiger partial charge is 0.329 e. The molecule has 1 aromatic heterocycles. The summed E-state index contributed by atoms with van der Waals surface area (Å²) >= 11 is 5.50. The van der Waals surface area contributed by atoms with E-state index in [1.54, 1.807) is 0 Å². The van der Waals surface area contributed by atoms with Crippen molar-refractivity contribution in [2.75, 3.05) is 19.6 Å². The van der Waals surface area contributed by atoms with E-state index in [1.807, 2.05) is 11.3 Å². The Bertz CT molecular complexity index is 368. The Morgan fingerprint density at radius 2 is 2.28 bits per heavy atom. The van der Waals surface area contributed by atoms with Gasteiger partial charge in [-0.05, 0) is 60.6 Å². The minimum atomic E-state index is 0.403. The van der Waals surface area contributed by atoms with Gasteiger partial charge in [0.25, 0.3) is 0 Å². The molecule has 1 fully saturated rings. The van der Waals surface area contributed by atoms with Crippen molar-refractivity contribution in [2.45, 2.75) is 39.2 Å². The molecule has 0 saturated heterocycles. The van der Waals surface area contributed by atoms with Gasteiger partial charge in [0.1, 0.15) is 0 Å². The molecule has 0 radical (unpaired) electrons. The van der Waals surface area contributed by atoms with Crippen LogP contribution in [0.1, 0.15) is 42.0 Å². The molecular weight excluding hydrogens is 308 g/mol. The van der Waals surface area contributed by atoms with Gasteiger partial charge in [-0.15, -0.1) is 11.3 Å². The van der Waals surface area contributed by atoms with Crippen molar-refractivity contribution in [3.05, 3.63) is 20.3 Å². The molecule has 0 bridgehead atoms. The van der Waals surface area contributed by atoms with Crippen molar-refractivity contribution in [3.8, 4) is 0 Å². The second-order valence-corrected chi connectivity index (χ2v) is 7.38. The average molecular weight is 331 g/mol. The van der Waals surface area contributed by atoms with Crippen LogP contribution in [-0.2, 0) is 0 Å². The van der Waals surface area contributed by atoms with Gasteiger partial charge in [-0.3, -0.25) is 4.90 Å². The number of hydrogen-bond acceptors (Lipinski definition) is 3. The number of aryl methyl sites for hydroxylation is 1. The molecular formula is C14H23BrN2S. The summed E-state index contributed by atoms with van der Waals surface area (Å²) in [4.78, 5) is 5.36. The molecule has 1 atom stereocenters. The number of halogens is 1. The molecule has 1 aliphatic carbocycles. The van der Waals surface area contributed by atoms with E-state index in [0.29, 0.717) is 6.04 Å². The van der Waals surface area contributed by atoms with Crippen molar-refractivity contribution in [3.63, 3.8) is 0 Å². The Morgan fingerprint density at radius 1 is 1.56 bits per heavy atom. The van der Waals surface area contributed by atoms with Crippen LogP contribution >= 0.6 is 27.3 Å². The molecule has 2 nitrogen and oxygen atoms in total. The van der Waals surface area contributed by atoms with Crippen LogP contribution < -0.4 is 5.73 Å². The molecule has 2 rings (SSSR count). The van der Waals surface area contributed by atoms with Crippen LogP contribution in [0.2, 0.25) is 0 Å². The third kappa shape index (κ3) is 3.56. The Morgan fingerprint density at radius 3 is 2.72 bits per heavy atom. The van der Waals surface area contributed by atoms with E-state index in [1.165, 1.54) is 40.0 Å². The van der Waals surface area contributed by atoms with Crippen molar-refractivity contribution in [1.82, 2.24) is 4.90 Å². The van der Waals surface area contributed by atoms with Gasteiger partial charge in [-0.2, -0.15) is 0 Å². The Labute approximate surface area is 123 Å². The quantitative estimate of drug-likeness (QED) is 0.820. The molecule has 4 heteroatoms. The van der Waals surface area contributed by atoms with Crippen molar-refractivity contribution >= 4 is 27.3 Å². The second-order valence-electron chi connectivity index (χ2n) is 5.24. The predicted octanol–water partition coefficient (Wildman–Crippen LogP) is 3.94. The number of nitrogens with zero attached hydrogens (tertiary/aromatic N) is 1. The highest BCUT2D eigenvalue weighted by atomic mass is 79.9. The predicted molar refractivity (Wildman–Crippen MR) is 83.1 cm³/mol. The minimum Gasteiger partial charge on any atom is -0.329 e. The SMILES string of the molecule is CCCN(CC1CC1)C(CN)c1cc(Br)c(C)s1. The zero-order valence-corrected chi connectivity index (χ0v) is 13.7. The maximum atomic E-state index is 6.04. The highest BCUT2D eigenvalue weighted by Gasteiger charge is 2.28. The van der Waals surface area contributed by atoms with Crippen LogP contribution in [-0.4, -0.2) is 24.5 Å². The van der Waals surface area contributed by atoms with E-state index in [0.717, 1.165) is 19.0 Å². The fourth-order valence-corrected chi connectivity index (χ4v) is 4.09. The topological polar surface area (TPSA) is 29.3 Å². The number of hydrogen-bond donors (Lipinski definition) is 1. The molecule has 1 aliphatic rings. The summed E-state index contributed by atoms with van der Waals surface area (Å²) in [7, 11) is 0. The van der Waals surface area contributed by atoms with E-state index in [9.17, 15) is 0 Å². The maximum Gasteiger partial charge on any atom is 0.0564 e. The fraction of sp³-hybridized carbons (Fsp3) is 0.714. The molecule has 0 amide bonds. The zero-order valence-electron chi connectivity index (χ0n) is 11.3. The average Bonchev–Trinajstić information content (AvgIpc) is 3.08. The van der Waals surface area contributed by atoms with Crippen LogP contribution in [0.3, 0.4) is 0 Å². The summed E-state index contributed by atoms with van der Waals surface area (Å²) in [5, 5.41) is 0. The van der Waals surface area contributed by atoms with E-state index in [-0.39, 0.29) is 0 Å². The first-order valence-corrected chi connectivity index (χ1v) is 8.46. The molecule has 0 aromatic carbocycles. The van der Waals surface area contributed by atoms with Gasteiger partial charge >= 0.3 is 0 Å². The summed E-state index contributed by atoms with van der Waals surface area (Å²) in [5.74, 6) is 0.926. The lowest BCUT2D eigenvalue weighted by Gasteiger charge is -2.30. The van der Waals surface area contributed by atoms with E-state index >= 15 is 0 Å². The first-order valence-electron chi connectivity index (χ1n) is 6.85. The van der Waals surface area contributed by atoms with Crippen molar-refractivity contribution < 1.29 is 0 Å². The van der Waals surface area contributed by atoms with Gasteiger partial charge in [0, 0.05) is 27.3 Å². The molecule has 1 heterocycles. The molecule has 0 aliphatic heterocycles. The normalized spacial score (nSPS) is 17.4. The maximum absolute atomic E-state index is 6.04. The van der Waals surface area contributed by atoms with Crippen LogP contribution in [0.4, 0.5) is 0 Å². The Hall–Kier alpha value is 0.1000. The summed E-state index contributed by atoms with van der Waals surface area (Å²) in [6.07, 6.45) is 4.02. The van der Waals surface area contributed by atoms with Crippen molar-refractivity contribution in [1.29, 1.82) is 0 Å². The van der Waals surface area contributed by atoms with Crippen molar-refractivity contribution in [2.24, 2.45) is 11.7 Å². The summed E-state index contributed by atoms with van der Waals surface area (Å²) in [6, 6.07) is 2.66. The molecule has 1 aromatic rings. The van der Waals surface area contributed by atoms with E-state index in [4.69, 9.17) is 5.73 Å². The van der Waals surface area contributed by atoms with Gasteiger partial charge < -0.3 is 5.73 Å². The minimum absolute atomic E-state index is 0.403. The summed E-state index contributed by atoms with van der Waals surface area (Å²) in [6.45, 7) is 7.52.